The molecular weight excluding hydrogens is 320 g/mol. The lowest BCUT2D eigenvalue weighted by molar-refractivity contribution is 0.0497. The number of esters is 2. The molecule has 0 fully saturated rings. The Morgan fingerprint density at radius 1 is 0.880 bits per heavy atom. The van der Waals surface area contributed by atoms with Gasteiger partial charge in [-0.25, -0.2) is 9.59 Å². The van der Waals surface area contributed by atoms with E-state index in [0.29, 0.717) is 29.2 Å². The average Bonchev–Trinajstić information content (AvgIpc) is 2.65. The first-order valence-electron chi connectivity index (χ1n) is 8.27. The van der Waals surface area contributed by atoms with E-state index in [9.17, 15) is 9.59 Å². The van der Waals surface area contributed by atoms with Crippen molar-refractivity contribution in [1.29, 1.82) is 0 Å². The fourth-order valence-corrected chi connectivity index (χ4v) is 2.17. The molecule has 2 aromatic rings. The second kappa shape index (κ2) is 9.47. The number of methoxy groups -OCH3 is 1. The molecule has 2 aromatic carbocycles. The van der Waals surface area contributed by atoms with Crippen molar-refractivity contribution < 1.29 is 23.8 Å². The molecule has 0 radical (unpaired) electrons. The van der Waals surface area contributed by atoms with Gasteiger partial charge >= 0.3 is 11.9 Å². The fourth-order valence-electron chi connectivity index (χ4n) is 2.17. The minimum Gasteiger partial charge on any atom is -0.497 e. The number of hydrogen-bond acceptors (Lipinski definition) is 5. The van der Waals surface area contributed by atoms with E-state index in [2.05, 4.69) is 6.92 Å². The van der Waals surface area contributed by atoms with Gasteiger partial charge in [-0.1, -0.05) is 25.8 Å². The normalized spacial score (nSPS) is 10.2. The highest BCUT2D eigenvalue weighted by molar-refractivity contribution is 5.94. The number of hydrogen-bond donors (Lipinski definition) is 0. The van der Waals surface area contributed by atoms with Crippen LogP contribution in [-0.2, 0) is 4.74 Å². The quantitative estimate of drug-likeness (QED) is 0.407. The molecule has 25 heavy (non-hydrogen) atoms. The lowest BCUT2D eigenvalue weighted by Gasteiger charge is -2.07. The van der Waals surface area contributed by atoms with Crippen molar-refractivity contribution in [3.8, 4) is 11.5 Å². The van der Waals surface area contributed by atoms with Crippen LogP contribution < -0.4 is 9.47 Å². The van der Waals surface area contributed by atoms with E-state index in [-0.39, 0.29) is 5.97 Å². The van der Waals surface area contributed by atoms with Crippen LogP contribution in [0.25, 0.3) is 0 Å². The summed E-state index contributed by atoms with van der Waals surface area (Å²) in [5, 5.41) is 0. The van der Waals surface area contributed by atoms with Gasteiger partial charge in [0.15, 0.2) is 0 Å². The molecule has 0 bridgehead atoms. The lowest BCUT2D eigenvalue weighted by atomic mass is 10.1. The van der Waals surface area contributed by atoms with Crippen LogP contribution in [-0.4, -0.2) is 25.7 Å². The van der Waals surface area contributed by atoms with Crippen LogP contribution in [0.2, 0.25) is 0 Å². The Kier molecular flexibility index (Phi) is 7.01. The van der Waals surface area contributed by atoms with E-state index >= 15 is 0 Å². The predicted octanol–water partition coefficient (Wildman–Crippen LogP) is 4.26. The summed E-state index contributed by atoms with van der Waals surface area (Å²) in [7, 11) is 1.54. The van der Waals surface area contributed by atoms with E-state index in [0.717, 1.165) is 19.3 Å². The molecule has 0 atom stereocenters. The average molecular weight is 342 g/mol. The standard InChI is InChI=1S/C20H22O5/c1-3-4-5-13-24-19(21)15-9-11-16(12-10-15)20(22)25-18-8-6-7-17(14-18)23-2/h6-12,14H,3-5,13H2,1-2H3. The minimum atomic E-state index is -0.504. The first-order valence-corrected chi connectivity index (χ1v) is 8.27. The molecule has 0 saturated heterocycles. The van der Waals surface area contributed by atoms with Gasteiger partial charge in [0, 0.05) is 6.07 Å². The van der Waals surface area contributed by atoms with Crippen molar-refractivity contribution in [2.24, 2.45) is 0 Å². The second-order valence-electron chi connectivity index (χ2n) is 5.49. The summed E-state index contributed by atoms with van der Waals surface area (Å²) in [6.07, 6.45) is 2.96. The van der Waals surface area contributed by atoms with Gasteiger partial charge in [-0.2, -0.15) is 0 Å². The van der Waals surface area contributed by atoms with E-state index in [1.54, 1.807) is 55.6 Å². The van der Waals surface area contributed by atoms with Crippen LogP contribution >= 0.6 is 0 Å². The SMILES string of the molecule is CCCCCOC(=O)c1ccc(C(=O)Oc2cccc(OC)c2)cc1. The zero-order valence-corrected chi connectivity index (χ0v) is 14.5. The van der Waals surface area contributed by atoms with Gasteiger partial charge in [0.2, 0.25) is 0 Å². The number of benzene rings is 2. The summed E-state index contributed by atoms with van der Waals surface area (Å²) in [6.45, 7) is 2.50. The van der Waals surface area contributed by atoms with E-state index in [1.807, 2.05) is 0 Å². The molecule has 0 aliphatic carbocycles. The minimum absolute atomic E-state index is 0.352. The molecule has 132 valence electrons. The van der Waals surface area contributed by atoms with Crippen LogP contribution in [0.5, 0.6) is 11.5 Å². The summed E-state index contributed by atoms with van der Waals surface area (Å²) in [5.41, 5.74) is 0.764. The third-order valence-corrected chi connectivity index (χ3v) is 3.59. The zero-order chi connectivity index (χ0) is 18.1. The predicted molar refractivity (Wildman–Crippen MR) is 94.2 cm³/mol. The van der Waals surface area contributed by atoms with Crippen molar-refractivity contribution in [2.75, 3.05) is 13.7 Å². The van der Waals surface area contributed by atoms with Gasteiger partial charge in [-0.15, -0.1) is 0 Å². The summed E-state index contributed by atoms with van der Waals surface area (Å²) in [6, 6.07) is 13.0. The summed E-state index contributed by atoms with van der Waals surface area (Å²) in [5.74, 6) is 0.107. The Morgan fingerprint density at radius 3 is 2.16 bits per heavy atom. The highest BCUT2D eigenvalue weighted by Crippen LogP contribution is 2.20. The van der Waals surface area contributed by atoms with Gasteiger partial charge in [0.25, 0.3) is 0 Å². The molecule has 0 N–H and O–H groups in total. The Hall–Kier alpha value is -2.82. The van der Waals surface area contributed by atoms with Gasteiger partial charge in [0.1, 0.15) is 11.5 Å². The number of ether oxygens (including phenoxy) is 3. The van der Waals surface area contributed by atoms with Gasteiger partial charge in [-0.3, -0.25) is 0 Å². The van der Waals surface area contributed by atoms with Crippen LogP contribution in [0.1, 0.15) is 46.9 Å². The Bertz CT molecular complexity index is 706. The maximum atomic E-state index is 12.2. The first-order chi connectivity index (χ1) is 12.1. The molecule has 2 rings (SSSR count). The van der Waals surface area contributed by atoms with E-state index in [4.69, 9.17) is 14.2 Å². The Morgan fingerprint density at radius 2 is 1.52 bits per heavy atom. The fraction of sp³-hybridized carbons (Fsp3) is 0.300. The van der Waals surface area contributed by atoms with E-state index in [1.165, 1.54) is 0 Å². The van der Waals surface area contributed by atoms with E-state index < -0.39 is 5.97 Å². The molecule has 0 aromatic heterocycles. The van der Waals surface area contributed by atoms with Crippen molar-refractivity contribution in [2.45, 2.75) is 26.2 Å². The lowest BCUT2D eigenvalue weighted by Crippen LogP contribution is -2.10. The third kappa shape index (κ3) is 5.64. The van der Waals surface area contributed by atoms with Crippen molar-refractivity contribution in [1.82, 2.24) is 0 Å². The Balaban J connectivity index is 1.94. The molecule has 0 saturated carbocycles. The molecule has 0 amide bonds. The smallest absolute Gasteiger partial charge is 0.343 e. The molecular formula is C20H22O5. The third-order valence-electron chi connectivity index (χ3n) is 3.59. The summed E-state index contributed by atoms with van der Waals surface area (Å²) in [4.78, 5) is 24.1. The Labute approximate surface area is 147 Å². The molecule has 0 unspecified atom stereocenters. The van der Waals surface area contributed by atoms with Crippen molar-refractivity contribution >= 4 is 11.9 Å². The second-order valence-corrected chi connectivity index (χ2v) is 5.49. The highest BCUT2D eigenvalue weighted by atomic mass is 16.5. The maximum absolute atomic E-state index is 12.2. The number of carbonyl (C=O) groups excluding carboxylic acids is 2. The molecule has 0 aliphatic rings. The van der Waals surface area contributed by atoms with Gasteiger partial charge in [-0.05, 0) is 42.8 Å². The molecule has 5 nitrogen and oxygen atoms in total. The van der Waals surface area contributed by atoms with Gasteiger partial charge < -0.3 is 14.2 Å². The molecule has 0 aliphatic heterocycles. The monoisotopic (exact) mass is 342 g/mol. The first kappa shape index (κ1) is 18.5. The maximum Gasteiger partial charge on any atom is 0.343 e. The summed E-state index contributed by atoms with van der Waals surface area (Å²) < 4.78 is 15.6. The topological polar surface area (TPSA) is 61.8 Å². The van der Waals surface area contributed by atoms with Crippen LogP contribution in [0.3, 0.4) is 0 Å². The molecule has 0 spiro atoms. The zero-order valence-electron chi connectivity index (χ0n) is 14.5. The van der Waals surface area contributed by atoms with Crippen LogP contribution in [0, 0.1) is 0 Å². The number of unbranched alkanes of at least 4 members (excludes halogenated alkanes) is 2. The number of carbonyl (C=O) groups is 2. The van der Waals surface area contributed by atoms with Crippen molar-refractivity contribution in [3.05, 3.63) is 59.7 Å². The molecule has 5 heteroatoms. The van der Waals surface area contributed by atoms with Crippen LogP contribution in [0.4, 0.5) is 0 Å². The largest absolute Gasteiger partial charge is 0.497 e. The number of rotatable bonds is 8. The molecule has 0 heterocycles. The van der Waals surface area contributed by atoms with Crippen LogP contribution in [0.15, 0.2) is 48.5 Å². The van der Waals surface area contributed by atoms with Crippen molar-refractivity contribution in [3.63, 3.8) is 0 Å². The summed E-state index contributed by atoms with van der Waals surface area (Å²) >= 11 is 0. The van der Waals surface area contributed by atoms with Gasteiger partial charge in [0.05, 0.1) is 24.8 Å². The highest BCUT2D eigenvalue weighted by Gasteiger charge is 2.12.